The summed E-state index contributed by atoms with van der Waals surface area (Å²) in [5.74, 6) is -0.204. The minimum absolute atomic E-state index is 0.204. The van der Waals surface area contributed by atoms with Gasteiger partial charge in [-0.2, -0.15) is 0 Å². The van der Waals surface area contributed by atoms with Crippen LogP contribution >= 0.6 is 12.2 Å². The minimum atomic E-state index is -0.204. The summed E-state index contributed by atoms with van der Waals surface area (Å²) in [4.78, 5) is 11.9. The Hall–Kier alpha value is -1.66. The number of thiocarbonyl (C=S) groups is 1. The molecule has 3 N–H and O–H groups in total. The Kier molecular flexibility index (Phi) is 5.31. The highest BCUT2D eigenvalue weighted by Crippen LogP contribution is 2.10. The number of hydrogen-bond acceptors (Lipinski definition) is 3. The van der Waals surface area contributed by atoms with Gasteiger partial charge in [0.1, 0.15) is 0 Å². The SMILES string of the molecule is Cc1ccccc1C(=O)NNC(=S)NC[C@@H]1CCCO1. The van der Waals surface area contributed by atoms with Crippen LogP contribution in [0, 0.1) is 6.92 Å². The topological polar surface area (TPSA) is 62.4 Å². The maximum Gasteiger partial charge on any atom is 0.269 e. The number of nitrogens with one attached hydrogen (secondary N) is 3. The molecule has 1 fully saturated rings. The summed E-state index contributed by atoms with van der Waals surface area (Å²) in [6.45, 7) is 3.37. The minimum Gasteiger partial charge on any atom is -0.376 e. The molecule has 1 aliphatic heterocycles. The average Bonchev–Trinajstić information content (AvgIpc) is 2.96. The lowest BCUT2D eigenvalue weighted by Gasteiger charge is -2.14. The number of amides is 1. The summed E-state index contributed by atoms with van der Waals surface area (Å²) in [6, 6.07) is 7.39. The number of carbonyl (C=O) groups excluding carboxylic acids is 1. The van der Waals surface area contributed by atoms with Crippen LogP contribution in [0.2, 0.25) is 0 Å². The standard InChI is InChI=1S/C14H19N3O2S/c1-10-5-2-3-7-12(10)13(18)16-17-14(20)15-9-11-6-4-8-19-11/h2-3,5,7,11H,4,6,8-9H2,1H3,(H,16,18)(H2,15,17,20)/t11-/m0/s1. The summed E-state index contributed by atoms with van der Waals surface area (Å²) in [5, 5.41) is 3.42. The van der Waals surface area contributed by atoms with E-state index in [1.165, 1.54) is 0 Å². The second-order valence-electron chi connectivity index (χ2n) is 4.74. The van der Waals surface area contributed by atoms with E-state index in [1.54, 1.807) is 6.07 Å². The van der Waals surface area contributed by atoms with Crippen molar-refractivity contribution in [3.05, 3.63) is 35.4 Å². The van der Waals surface area contributed by atoms with Gasteiger partial charge in [0.15, 0.2) is 5.11 Å². The van der Waals surface area contributed by atoms with E-state index in [4.69, 9.17) is 17.0 Å². The van der Waals surface area contributed by atoms with Crippen molar-refractivity contribution in [3.8, 4) is 0 Å². The quantitative estimate of drug-likeness (QED) is 0.579. The highest BCUT2D eigenvalue weighted by molar-refractivity contribution is 7.80. The van der Waals surface area contributed by atoms with Crippen LogP contribution in [0.4, 0.5) is 0 Å². The lowest BCUT2D eigenvalue weighted by Crippen LogP contribution is -2.48. The zero-order chi connectivity index (χ0) is 14.4. The molecule has 0 saturated carbocycles. The summed E-state index contributed by atoms with van der Waals surface area (Å²) >= 11 is 5.10. The Morgan fingerprint density at radius 3 is 2.90 bits per heavy atom. The summed E-state index contributed by atoms with van der Waals surface area (Å²) in [6.07, 6.45) is 2.35. The first-order valence-electron chi connectivity index (χ1n) is 6.68. The molecule has 1 saturated heterocycles. The molecule has 0 radical (unpaired) electrons. The second kappa shape index (κ2) is 7.21. The van der Waals surface area contributed by atoms with Gasteiger partial charge in [-0.1, -0.05) is 18.2 Å². The van der Waals surface area contributed by atoms with E-state index in [0.717, 1.165) is 25.0 Å². The third-order valence-corrected chi connectivity index (χ3v) is 3.44. The molecule has 0 aromatic heterocycles. The Balaban J connectivity index is 1.72. The lowest BCUT2D eigenvalue weighted by atomic mass is 10.1. The van der Waals surface area contributed by atoms with Crippen LogP contribution in [-0.2, 0) is 4.74 Å². The van der Waals surface area contributed by atoms with Gasteiger partial charge < -0.3 is 10.1 Å². The molecule has 2 rings (SSSR count). The molecule has 1 aromatic rings. The van der Waals surface area contributed by atoms with Crippen molar-refractivity contribution >= 4 is 23.2 Å². The molecule has 1 heterocycles. The lowest BCUT2D eigenvalue weighted by molar-refractivity contribution is 0.0942. The van der Waals surface area contributed by atoms with Gasteiger partial charge in [-0.25, -0.2) is 0 Å². The number of hydrogen-bond donors (Lipinski definition) is 3. The highest BCUT2D eigenvalue weighted by atomic mass is 32.1. The predicted molar refractivity (Wildman–Crippen MR) is 81.4 cm³/mol. The zero-order valence-electron chi connectivity index (χ0n) is 11.4. The van der Waals surface area contributed by atoms with E-state index in [9.17, 15) is 4.79 Å². The molecule has 0 aliphatic carbocycles. The average molecular weight is 293 g/mol. The first-order valence-corrected chi connectivity index (χ1v) is 7.09. The largest absolute Gasteiger partial charge is 0.376 e. The fourth-order valence-corrected chi connectivity index (χ4v) is 2.20. The van der Waals surface area contributed by atoms with Gasteiger partial charge in [0.2, 0.25) is 0 Å². The van der Waals surface area contributed by atoms with Crippen molar-refractivity contribution in [2.75, 3.05) is 13.2 Å². The number of hydrazine groups is 1. The van der Waals surface area contributed by atoms with Crippen LogP contribution in [0.1, 0.15) is 28.8 Å². The summed E-state index contributed by atoms with van der Waals surface area (Å²) < 4.78 is 5.48. The predicted octanol–water partition coefficient (Wildman–Crippen LogP) is 1.28. The first-order chi connectivity index (χ1) is 9.66. The molecule has 1 aromatic carbocycles. The van der Waals surface area contributed by atoms with Gasteiger partial charge in [0, 0.05) is 18.7 Å². The van der Waals surface area contributed by atoms with E-state index in [-0.39, 0.29) is 12.0 Å². The van der Waals surface area contributed by atoms with E-state index in [0.29, 0.717) is 17.2 Å². The first kappa shape index (κ1) is 14.7. The molecule has 5 nitrogen and oxygen atoms in total. The molecule has 108 valence electrons. The van der Waals surface area contributed by atoms with Gasteiger partial charge in [0.05, 0.1) is 6.10 Å². The van der Waals surface area contributed by atoms with Crippen molar-refractivity contribution < 1.29 is 9.53 Å². The summed E-state index contributed by atoms with van der Waals surface area (Å²) in [7, 11) is 0. The molecule has 6 heteroatoms. The normalized spacial score (nSPS) is 17.6. The van der Waals surface area contributed by atoms with Crippen LogP contribution in [-0.4, -0.2) is 30.3 Å². The molecule has 1 aliphatic rings. The van der Waals surface area contributed by atoms with Crippen LogP contribution in [0.15, 0.2) is 24.3 Å². The maximum absolute atomic E-state index is 11.9. The number of benzene rings is 1. The van der Waals surface area contributed by atoms with Gasteiger partial charge in [-0.3, -0.25) is 15.6 Å². The van der Waals surface area contributed by atoms with Crippen molar-refractivity contribution in [3.63, 3.8) is 0 Å². The van der Waals surface area contributed by atoms with Crippen LogP contribution in [0.3, 0.4) is 0 Å². The Bertz CT molecular complexity index is 487. The number of aryl methyl sites for hydroxylation is 1. The van der Waals surface area contributed by atoms with Gasteiger partial charge in [-0.05, 0) is 43.6 Å². The third-order valence-electron chi connectivity index (χ3n) is 3.19. The fraction of sp³-hybridized carbons (Fsp3) is 0.429. The number of ether oxygens (including phenoxy) is 1. The van der Waals surface area contributed by atoms with Crippen LogP contribution < -0.4 is 16.2 Å². The second-order valence-corrected chi connectivity index (χ2v) is 5.15. The molecule has 0 spiro atoms. The molecule has 20 heavy (non-hydrogen) atoms. The fourth-order valence-electron chi connectivity index (χ4n) is 2.06. The van der Waals surface area contributed by atoms with Crippen LogP contribution in [0.5, 0.6) is 0 Å². The highest BCUT2D eigenvalue weighted by Gasteiger charge is 2.15. The molecular weight excluding hydrogens is 274 g/mol. The summed E-state index contributed by atoms with van der Waals surface area (Å²) in [5.41, 5.74) is 6.83. The maximum atomic E-state index is 11.9. The molecular formula is C14H19N3O2S. The third kappa shape index (κ3) is 4.18. The van der Waals surface area contributed by atoms with Crippen molar-refractivity contribution in [1.29, 1.82) is 0 Å². The van der Waals surface area contributed by atoms with Crippen molar-refractivity contribution in [2.24, 2.45) is 0 Å². The number of rotatable bonds is 3. The monoisotopic (exact) mass is 293 g/mol. The van der Waals surface area contributed by atoms with Crippen molar-refractivity contribution in [1.82, 2.24) is 16.2 Å². The van der Waals surface area contributed by atoms with Gasteiger partial charge in [-0.15, -0.1) is 0 Å². The van der Waals surface area contributed by atoms with E-state index in [1.807, 2.05) is 25.1 Å². The smallest absolute Gasteiger partial charge is 0.269 e. The van der Waals surface area contributed by atoms with Gasteiger partial charge >= 0.3 is 0 Å². The van der Waals surface area contributed by atoms with Crippen molar-refractivity contribution in [2.45, 2.75) is 25.9 Å². The molecule has 0 unspecified atom stereocenters. The number of carbonyl (C=O) groups is 1. The Morgan fingerprint density at radius 2 is 2.20 bits per heavy atom. The van der Waals surface area contributed by atoms with E-state index < -0.39 is 0 Å². The van der Waals surface area contributed by atoms with Crippen LogP contribution in [0.25, 0.3) is 0 Å². The Labute approximate surface area is 124 Å². The molecule has 0 bridgehead atoms. The molecule has 1 amide bonds. The zero-order valence-corrected chi connectivity index (χ0v) is 12.3. The Morgan fingerprint density at radius 1 is 1.40 bits per heavy atom. The van der Waals surface area contributed by atoms with E-state index >= 15 is 0 Å². The molecule has 1 atom stereocenters. The van der Waals surface area contributed by atoms with Gasteiger partial charge in [0.25, 0.3) is 5.91 Å². The van der Waals surface area contributed by atoms with E-state index in [2.05, 4.69) is 16.2 Å².